The molecule has 2 aromatic rings. The number of carbonyl (C=O) groups excluding carboxylic acids is 1. The molecule has 2 rings (SSSR count). The van der Waals surface area contributed by atoms with Crippen LogP contribution in [-0.2, 0) is 4.74 Å². The fourth-order valence-electron chi connectivity index (χ4n) is 2.01. The lowest BCUT2D eigenvalue weighted by Crippen LogP contribution is -2.01. The lowest BCUT2D eigenvalue weighted by atomic mass is 9.99. The van der Waals surface area contributed by atoms with Gasteiger partial charge in [-0.15, -0.1) is 0 Å². The van der Waals surface area contributed by atoms with E-state index in [1.54, 1.807) is 30.3 Å². The van der Waals surface area contributed by atoms with E-state index in [0.717, 1.165) is 5.56 Å². The van der Waals surface area contributed by atoms with E-state index in [4.69, 9.17) is 26.3 Å². The molecular weight excluding hydrogens is 302 g/mol. The van der Waals surface area contributed by atoms with Crippen molar-refractivity contribution in [2.24, 2.45) is 0 Å². The zero-order valence-corrected chi connectivity index (χ0v) is 13.0. The van der Waals surface area contributed by atoms with Crippen LogP contribution in [0.4, 0.5) is 0 Å². The van der Waals surface area contributed by atoms with Crippen LogP contribution in [0, 0.1) is 11.3 Å². The first-order valence-electron chi connectivity index (χ1n) is 6.53. The van der Waals surface area contributed by atoms with E-state index in [2.05, 4.69) is 0 Å². The Labute approximate surface area is 133 Å². The average molecular weight is 316 g/mol. The van der Waals surface area contributed by atoms with Gasteiger partial charge in [-0.2, -0.15) is 5.26 Å². The maximum Gasteiger partial charge on any atom is 0.188 e. The quantitative estimate of drug-likeness (QED) is 0.616. The van der Waals surface area contributed by atoms with Crippen LogP contribution in [0.2, 0.25) is 5.02 Å². The topological polar surface area (TPSA) is 59.3 Å². The number of nitriles is 1. The van der Waals surface area contributed by atoms with Crippen molar-refractivity contribution >= 4 is 17.4 Å². The Morgan fingerprint density at radius 1 is 1.32 bits per heavy atom. The molecule has 0 spiro atoms. The second kappa shape index (κ2) is 7.08. The van der Waals surface area contributed by atoms with Gasteiger partial charge in [0.05, 0.1) is 10.6 Å². The predicted molar refractivity (Wildman–Crippen MR) is 84.1 cm³/mol. The Hall–Kier alpha value is -2.35. The van der Waals surface area contributed by atoms with E-state index in [0.29, 0.717) is 27.5 Å². The summed E-state index contributed by atoms with van der Waals surface area (Å²) in [5, 5.41) is 9.45. The number of hydrogen-bond donors (Lipinski definition) is 0. The highest BCUT2D eigenvalue weighted by Crippen LogP contribution is 2.35. The van der Waals surface area contributed by atoms with Gasteiger partial charge < -0.3 is 9.47 Å². The molecule has 0 N–H and O–H groups in total. The summed E-state index contributed by atoms with van der Waals surface area (Å²) < 4.78 is 10.4. The third-order valence-electron chi connectivity index (χ3n) is 3.10. The Morgan fingerprint density at radius 2 is 2.09 bits per heavy atom. The summed E-state index contributed by atoms with van der Waals surface area (Å²) in [6.45, 7) is 1.56. The molecule has 0 amide bonds. The van der Waals surface area contributed by atoms with Gasteiger partial charge in [-0.3, -0.25) is 4.79 Å². The number of hydrogen-bond acceptors (Lipinski definition) is 4. The number of carbonyl (C=O) groups is 1. The van der Waals surface area contributed by atoms with Gasteiger partial charge in [0.1, 0.15) is 11.8 Å². The van der Waals surface area contributed by atoms with Crippen LogP contribution in [-0.4, -0.2) is 19.7 Å². The van der Waals surface area contributed by atoms with Gasteiger partial charge in [0.2, 0.25) is 0 Å². The van der Waals surface area contributed by atoms with Crippen molar-refractivity contribution in [1.82, 2.24) is 0 Å². The molecule has 0 aromatic heterocycles. The molecule has 0 bridgehead atoms. The van der Waals surface area contributed by atoms with Gasteiger partial charge in [0.15, 0.2) is 12.6 Å². The van der Waals surface area contributed by atoms with E-state index in [9.17, 15) is 4.79 Å². The van der Waals surface area contributed by atoms with Crippen molar-refractivity contribution in [2.45, 2.75) is 6.92 Å². The van der Waals surface area contributed by atoms with Crippen LogP contribution in [0.1, 0.15) is 22.8 Å². The Balaban J connectivity index is 2.59. The maximum atomic E-state index is 11.5. The minimum atomic E-state index is -0.0318. The van der Waals surface area contributed by atoms with Gasteiger partial charge in [0, 0.05) is 24.3 Å². The summed E-state index contributed by atoms with van der Waals surface area (Å²) in [5.41, 5.74) is 2.38. The van der Waals surface area contributed by atoms with E-state index >= 15 is 0 Å². The van der Waals surface area contributed by atoms with Gasteiger partial charge >= 0.3 is 0 Å². The molecule has 0 radical (unpaired) electrons. The zero-order valence-electron chi connectivity index (χ0n) is 12.2. The minimum absolute atomic E-state index is 0.0318. The predicted octanol–water partition coefficient (Wildman–Crippen LogP) is 4.06. The number of nitrogens with zero attached hydrogens (tertiary/aromatic N) is 1. The van der Waals surface area contributed by atoms with Gasteiger partial charge in [-0.1, -0.05) is 29.8 Å². The van der Waals surface area contributed by atoms with E-state index < -0.39 is 0 Å². The van der Waals surface area contributed by atoms with Gasteiger partial charge in [-0.25, -0.2) is 0 Å². The molecular formula is C17H14ClNO3. The zero-order chi connectivity index (χ0) is 16.1. The van der Waals surface area contributed by atoms with Crippen molar-refractivity contribution in [3.8, 4) is 22.9 Å². The first kappa shape index (κ1) is 16.0. The summed E-state index contributed by atoms with van der Waals surface area (Å²) >= 11 is 6.05. The van der Waals surface area contributed by atoms with Crippen molar-refractivity contribution in [3.63, 3.8) is 0 Å². The van der Waals surface area contributed by atoms with Crippen LogP contribution < -0.4 is 4.74 Å². The standard InChI is InChI=1S/C17H14ClNO3/c1-11(20)12-4-3-5-13(6-12)15-7-14(9-19)16(18)8-17(15)22-10-21-2/h3-8H,10H2,1-2H3. The number of halogens is 1. The molecule has 22 heavy (non-hydrogen) atoms. The van der Waals surface area contributed by atoms with Crippen LogP contribution in [0.25, 0.3) is 11.1 Å². The second-order valence-corrected chi connectivity index (χ2v) is 5.04. The van der Waals surface area contributed by atoms with Crippen LogP contribution >= 0.6 is 11.6 Å². The van der Waals surface area contributed by atoms with Crippen molar-refractivity contribution in [3.05, 3.63) is 52.5 Å². The molecule has 0 unspecified atom stereocenters. The monoisotopic (exact) mass is 315 g/mol. The Bertz CT molecular complexity index is 750. The summed E-state index contributed by atoms with van der Waals surface area (Å²) in [6, 6.07) is 12.4. The average Bonchev–Trinajstić information content (AvgIpc) is 2.53. The molecule has 2 aromatic carbocycles. The third-order valence-corrected chi connectivity index (χ3v) is 3.41. The smallest absolute Gasteiger partial charge is 0.188 e. The molecule has 0 aliphatic carbocycles. The molecule has 0 saturated carbocycles. The largest absolute Gasteiger partial charge is 0.467 e. The van der Waals surface area contributed by atoms with E-state index in [1.165, 1.54) is 14.0 Å². The number of rotatable bonds is 5. The normalized spacial score (nSPS) is 10.1. The number of benzene rings is 2. The number of Topliss-reactive ketones (excluding diaryl/α,β-unsaturated/α-hetero) is 1. The molecule has 0 heterocycles. The molecule has 0 atom stereocenters. The van der Waals surface area contributed by atoms with Crippen molar-refractivity contribution < 1.29 is 14.3 Å². The number of methoxy groups -OCH3 is 1. The summed E-state index contributed by atoms with van der Waals surface area (Å²) in [4.78, 5) is 11.5. The summed E-state index contributed by atoms with van der Waals surface area (Å²) in [6.07, 6.45) is 0. The Kier molecular flexibility index (Phi) is 5.16. The van der Waals surface area contributed by atoms with Crippen molar-refractivity contribution in [1.29, 1.82) is 5.26 Å². The van der Waals surface area contributed by atoms with Crippen LogP contribution in [0.3, 0.4) is 0 Å². The highest BCUT2D eigenvalue weighted by molar-refractivity contribution is 6.32. The maximum absolute atomic E-state index is 11.5. The summed E-state index contributed by atoms with van der Waals surface area (Å²) in [7, 11) is 1.52. The highest BCUT2D eigenvalue weighted by atomic mass is 35.5. The first-order chi connectivity index (χ1) is 10.6. The highest BCUT2D eigenvalue weighted by Gasteiger charge is 2.13. The van der Waals surface area contributed by atoms with Gasteiger partial charge in [0.25, 0.3) is 0 Å². The fraction of sp³-hybridized carbons (Fsp3) is 0.176. The van der Waals surface area contributed by atoms with Crippen LogP contribution in [0.15, 0.2) is 36.4 Å². The number of ether oxygens (including phenoxy) is 2. The molecule has 0 saturated heterocycles. The number of ketones is 1. The molecule has 112 valence electrons. The minimum Gasteiger partial charge on any atom is -0.467 e. The lowest BCUT2D eigenvalue weighted by molar-refractivity contribution is 0.0515. The first-order valence-corrected chi connectivity index (χ1v) is 6.91. The van der Waals surface area contributed by atoms with Crippen LogP contribution in [0.5, 0.6) is 5.75 Å². The Morgan fingerprint density at radius 3 is 2.73 bits per heavy atom. The molecule has 4 nitrogen and oxygen atoms in total. The second-order valence-electron chi connectivity index (χ2n) is 4.63. The SMILES string of the molecule is COCOc1cc(Cl)c(C#N)cc1-c1cccc(C(C)=O)c1. The molecule has 0 fully saturated rings. The summed E-state index contributed by atoms with van der Waals surface area (Å²) in [5.74, 6) is 0.460. The fourth-order valence-corrected chi connectivity index (χ4v) is 2.21. The molecule has 0 aliphatic heterocycles. The van der Waals surface area contributed by atoms with Gasteiger partial charge in [-0.05, 0) is 24.6 Å². The van der Waals surface area contributed by atoms with Crippen molar-refractivity contribution in [2.75, 3.05) is 13.9 Å². The van der Waals surface area contributed by atoms with E-state index in [-0.39, 0.29) is 12.6 Å². The third kappa shape index (κ3) is 3.45. The lowest BCUT2D eigenvalue weighted by Gasteiger charge is -2.13. The molecule has 0 aliphatic rings. The molecule has 5 heteroatoms. The van der Waals surface area contributed by atoms with E-state index in [1.807, 2.05) is 12.1 Å².